The third-order valence-corrected chi connectivity index (χ3v) is 4.27. The zero-order valence-corrected chi connectivity index (χ0v) is 12.2. The summed E-state index contributed by atoms with van der Waals surface area (Å²) in [6.07, 6.45) is 4.35. The fourth-order valence-electron chi connectivity index (χ4n) is 3.07. The van der Waals surface area contributed by atoms with Gasteiger partial charge >= 0.3 is 0 Å². The van der Waals surface area contributed by atoms with Crippen molar-refractivity contribution in [2.75, 3.05) is 11.6 Å². The van der Waals surface area contributed by atoms with E-state index in [2.05, 4.69) is 77.2 Å². The normalized spacial score (nSPS) is 16.5. The van der Waals surface area contributed by atoms with Crippen LogP contribution in [0.3, 0.4) is 0 Å². The lowest BCUT2D eigenvalue weighted by molar-refractivity contribution is 0.307. The van der Waals surface area contributed by atoms with E-state index in [1.807, 2.05) is 0 Å². The predicted octanol–water partition coefficient (Wildman–Crippen LogP) is 3.35. The standard InChI is InChI=1S/C18H19N3/c1-2-14-6-5-8-16(12-14)21-13-18-17-9-4-3-7-15(17)10-11-20(18)19-21/h3-9,12-13,19H,2,10-11H2,1H3. The molecule has 0 saturated carbocycles. The maximum atomic E-state index is 3.48. The molecule has 0 unspecified atom stereocenters. The molecule has 2 aliphatic heterocycles. The predicted molar refractivity (Wildman–Crippen MR) is 86.3 cm³/mol. The van der Waals surface area contributed by atoms with E-state index in [1.54, 1.807) is 0 Å². The highest BCUT2D eigenvalue weighted by atomic mass is 15.8. The van der Waals surface area contributed by atoms with Crippen LogP contribution in [0.4, 0.5) is 5.69 Å². The highest BCUT2D eigenvalue weighted by Gasteiger charge is 2.27. The van der Waals surface area contributed by atoms with E-state index in [0.717, 1.165) is 19.4 Å². The van der Waals surface area contributed by atoms with Crippen molar-refractivity contribution in [3.63, 3.8) is 0 Å². The number of benzene rings is 2. The molecule has 0 aliphatic carbocycles. The topological polar surface area (TPSA) is 18.5 Å². The number of nitrogens with one attached hydrogen (secondary N) is 1. The van der Waals surface area contributed by atoms with Gasteiger partial charge in [-0.25, -0.2) is 0 Å². The Bertz CT molecular complexity index is 705. The smallest absolute Gasteiger partial charge is 0.0791 e. The summed E-state index contributed by atoms with van der Waals surface area (Å²) >= 11 is 0. The summed E-state index contributed by atoms with van der Waals surface area (Å²) in [5.74, 6) is 0. The van der Waals surface area contributed by atoms with E-state index >= 15 is 0 Å². The van der Waals surface area contributed by atoms with Crippen LogP contribution in [0.1, 0.15) is 23.6 Å². The third kappa shape index (κ3) is 2.10. The molecule has 3 nitrogen and oxygen atoms in total. The fourth-order valence-corrected chi connectivity index (χ4v) is 3.07. The van der Waals surface area contributed by atoms with Crippen LogP contribution in [0.15, 0.2) is 54.7 Å². The van der Waals surface area contributed by atoms with Gasteiger partial charge < -0.3 is 0 Å². The number of hydrogen-bond donors (Lipinski definition) is 1. The molecule has 106 valence electrons. The lowest BCUT2D eigenvalue weighted by Crippen LogP contribution is -2.42. The minimum absolute atomic E-state index is 1.01. The van der Waals surface area contributed by atoms with Gasteiger partial charge in [0.2, 0.25) is 0 Å². The molecule has 4 rings (SSSR count). The number of rotatable bonds is 2. The van der Waals surface area contributed by atoms with Crippen LogP contribution < -0.4 is 10.5 Å². The number of fused-ring (bicyclic) bond motifs is 3. The van der Waals surface area contributed by atoms with Crippen molar-refractivity contribution >= 4 is 11.4 Å². The molecule has 0 atom stereocenters. The van der Waals surface area contributed by atoms with E-state index in [1.165, 1.54) is 28.1 Å². The van der Waals surface area contributed by atoms with Gasteiger partial charge in [0.25, 0.3) is 0 Å². The number of hydrogen-bond acceptors (Lipinski definition) is 3. The molecule has 2 aromatic rings. The van der Waals surface area contributed by atoms with E-state index in [4.69, 9.17) is 0 Å². The Morgan fingerprint density at radius 3 is 2.90 bits per heavy atom. The minimum Gasteiger partial charge on any atom is -0.288 e. The van der Waals surface area contributed by atoms with E-state index < -0.39 is 0 Å². The summed E-state index contributed by atoms with van der Waals surface area (Å²) in [7, 11) is 0. The van der Waals surface area contributed by atoms with Gasteiger partial charge in [0, 0.05) is 18.3 Å². The van der Waals surface area contributed by atoms with E-state index in [0.29, 0.717) is 0 Å². The fraction of sp³-hybridized carbons (Fsp3) is 0.222. The lowest BCUT2D eigenvalue weighted by Gasteiger charge is -2.29. The second kappa shape index (κ2) is 4.93. The van der Waals surface area contributed by atoms with Crippen LogP contribution in [-0.2, 0) is 12.8 Å². The molecule has 3 heteroatoms. The van der Waals surface area contributed by atoms with Gasteiger partial charge in [-0.2, -0.15) is 0 Å². The maximum Gasteiger partial charge on any atom is 0.0791 e. The molecule has 2 heterocycles. The highest BCUT2D eigenvalue weighted by Crippen LogP contribution is 2.32. The SMILES string of the molecule is CCc1cccc(N2C=C3c4ccccc4CCN3N2)c1. The summed E-state index contributed by atoms with van der Waals surface area (Å²) in [5.41, 5.74) is 10.1. The second-order valence-corrected chi connectivity index (χ2v) is 5.57. The Hall–Kier alpha value is -2.26. The quantitative estimate of drug-likeness (QED) is 0.908. The molecule has 1 N–H and O–H groups in total. The molecule has 2 aliphatic rings. The third-order valence-electron chi connectivity index (χ3n) is 4.27. The zero-order chi connectivity index (χ0) is 14.2. The Morgan fingerprint density at radius 1 is 1.10 bits per heavy atom. The Labute approximate surface area is 125 Å². The van der Waals surface area contributed by atoms with Gasteiger partial charge in [0.1, 0.15) is 0 Å². The molecule has 0 bridgehead atoms. The van der Waals surface area contributed by atoms with Gasteiger partial charge in [-0.3, -0.25) is 10.0 Å². The molecule has 0 saturated heterocycles. The first kappa shape index (κ1) is 12.5. The van der Waals surface area contributed by atoms with Gasteiger partial charge in [-0.1, -0.05) is 43.3 Å². The minimum atomic E-state index is 1.01. The Morgan fingerprint density at radius 2 is 2.00 bits per heavy atom. The van der Waals surface area contributed by atoms with E-state index in [9.17, 15) is 0 Å². The first-order valence-electron chi connectivity index (χ1n) is 7.57. The number of aryl methyl sites for hydroxylation is 1. The summed E-state index contributed by atoms with van der Waals surface area (Å²) < 4.78 is 0. The summed E-state index contributed by atoms with van der Waals surface area (Å²) in [5, 5.41) is 4.36. The molecule has 2 aromatic carbocycles. The molecule has 0 spiro atoms. The van der Waals surface area contributed by atoms with Gasteiger partial charge in [0.15, 0.2) is 0 Å². The van der Waals surface area contributed by atoms with Gasteiger partial charge in [-0.05, 0) is 36.1 Å². The van der Waals surface area contributed by atoms with Crippen LogP contribution in [0.25, 0.3) is 5.70 Å². The second-order valence-electron chi connectivity index (χ2n) is 5.57. The average molecular weight is 277 g/mol. The summed E-state index contributed by atoms with van der Waals surface area (Å²) in [4.78, 5) is 0. The zero-order valence-electron chi connectivity index (χ0n) is 12.2. The summed E-state index contributed by atoms with van der Waals surface area (Å²) in [6, 6.07) is 17.4. The monoisotopic (exact) mass is 277 g/mol. The maximum absolute atomic E-state index is 3.48. The van der Waals surface area contributed by atoms with Crippen LogP contribution in [0, 0.1) is 0 Å². The van der Waals surface area contributed by atoms with Crippen molar-refractivity contribution in [3.8, 4) is 0 Å². The number of nitrogens with zero attached hydrogens (tertiary/aromatic N) is 2. The molecular weight excluding hydrogens is 258 g/mol. The molecule has 21 heavy (non-hydrogen) atoms. The highest BCUT2D eigenvalue weighted by molar-refractivity contribution is 5.73. The van der Waals surface area contributed by atoms with Gasteiger partial charge in [-0.15, -0.1) is 5.53 Å². The molecule has 0 radical (unpaired) electrons. The van der Waals surface area contributed by atoms with Crippen LogP contribution in [0.5, 0.6) is 0 Å². The average Bonchev–Trinajstić information content (AvgIpc) is 2.99. The van der Waals surface area contributed by atoms with Crippen molar-refractivity contribution in [3.05, 3.63) is 71.4 Å². The van der Waals surface area contributed by atoms with Crippen molar-refractivity contribution in [2.45, 2.75) is 19.8 Å². The largest absolute Gasteiger partial charge is 0.288 e. The van der Waals surface area contributed by atoms with Crippen molar-refractivity contribution in [1.82, 2.24) is 10.5 Å². The Kier molecular flexibility index (Phi) is 2.93. The molecular formula is C18H19N3. The molecule has 0 fully saturated rings. The molecule has 0 aromatic heterocycles. The van der Waals surface area contributed by atoms with Crippen LogP contribution in [0.2, 0.25) is 0 Å². The van der Waals surface area contributed by atoms with E-state index in [-0.39, 0.29) is 0 Å². The summed E-state index contributed by atoms with van der Waals surface area (Å²) in [6.45, 7) is 3.20. The Balaban J connectivity index is 1.71. The number of hydrazine groups is 2. The molecule has 0 amide bonds. The van der Waals surface area contributed by atoms with Crippen LogP contribution in [-0.4, -0.2) is 11.6 Å². The van der Waals surface area contributed by atoms with Crippen molar-refractivity contribution in [1.29, 1.82) is 0 Å². The van der Waals surface area contributed by atoms with Crippen LogP contribution >= 0.6 is 0 Å². The lowest BCUT2D eigenvalue weighted by atomic mass is 9.98. The number of anilines is 1. The van der Waals surface area contributed by atoms with Crippen molar-refractivity contribution in [2.24, 2.45) is 0 Å². The van der Waals surface area contributed by atoms with Gasteiger partial charge in [0.05, 0.1) is 11.4 Å². The first-order chi connectivity index (χ1) is 10.3. The van der Waals surface area contributed by atoms with Crippen molar-refractivity contribution < 1.29 is 0 Å². The first-order valence-corrected chi connectivity index (χ1v) is 7.57.